The second-order valence-corrected chi connectivity index (χ2v) is 10.1. The van der Waals surface area contributed by atoms with E-state index < -0.39 is 0 Å². The lowest BCUT2D eigenvalue weighted by molar-refractivity contribution is -0.0980. The number of methoxy groups -OCH3 is 3. The molecule has 0 bridgehead atoms. The van der Waals surface area contributed by atoms with E-state index in [1.165, 1.54) is 11.8 Å². The Hall–Kier alpha value is -5.02. The first-order valence-corrected chi connectivity index (χ1v) is 16.3. The first-order valence-electron chi connectivity index (χ1n) is 16.3. The largest absolute Gasteiger partial charge is 0.501 e. The Balaban J connectivity index is 0.000000930. The van der Waals surface area contributed by atoms with Gasteiger partial charge in [0.25, 0.3) is 0 Å². The lowest BCUT2D eigenvalue weighted by Gasteiger charge is -2.19. The predicted molar refractivity (Wildman–Crippen MR) is 207 cm³/mol. The molecule has 0 radical (unpaired) electrons. The van der Waals surface area contributed by atoms with Crippen molar-refractivity contribution in [2.45, 2.75) is 53.1 Å². The Kier molecular flexibility index (Phi) is 25.2. The first-order chi connectivity index (χ1) is 23.9. The van der Waals surface area contributed by atoms with Gasteiger partial charge in [0.05, 0.1) is 38.4 Å². The molecule has 0 saturated carbocycles. The van der Waals surface area contributed by atoms with Crippen LogP contribution in [0.1, 0.15) is 57.4 Å². The van der Waals surface area contributed by atoms with Gasteiger partial charge in [-0.25, -0.2) is 9.97 Å². The van der Waals surface area contributed by atoms with Gasteiger partial charge in [-0.1, -0.05) is 111 Å². The molecule has 0 spiro atoms. The Morgan fingerprint density at radius 3 is 2.04 bits per heavy atom. The quantitative estimate of drug-likeness (QED) is 0.0836. The van der Waals surface area contributed by atoms with Gasteiger partial charge in [-0.2, -0.15) is 0 Å². The Bertz CT molecular complexity index is 1380. The molecule has 1 atom stereocenters. The highest BCUT2D eigenvalue weighted by atomic mass is 16.5. The van der Waals surface area contributed by atoms with Gasteiger partial charge in [0.2, 0.25) is 0 Å². The van der Waals surface area contributed by atoms with E-state index in [1.807, 2.05) is 70.2 Å². The summed E-state index contributed by atoms with van der Waals surface area (Å²) >= 11 is 0. The maximum absolute atomic E-state index is 8.00. The second-order valence-electron chi connectivity index (χ2n) is 10.1. The van der Waals surface area contributed by atoms with Crippen molar-refractivity contribution in [3.63, 3.8) is 0 Å². The number of anilines is 2. The van der Waals surface area contributed by atoms with E-state index in [0.29, 0.717) is 25.1 Å². The van der Waals surface area contributed by atoms with Gasteiger partial charge >= 0.3 is 0 Å². The summed E-state index contributed by atoms with van der Waals surface area (Å²) in [6.45, 7) is 19.5. The van der Waals surface area contributed by atoms with Crippen LogP contribution in [0.4, 0.5) is 11.6 Å². The van der Waals surface area contributed by atoms with E-state index in [-0.39, 0.29) is 6.10 Å². The highest BCUT2D eigenvalue weighted by molar-refractivity contribution is 6.12. The number of aliphatic imine (C=N–C) groups is 1. The van der Waals surface area contributed by atoms with E-state index in [0.717, 1.165) is 52.7 Å². The van der Waals surface area contributed by atoms with Crippen molar-refractivity contribution in [3.8, 4) is 0 Å². The van der Waals surface area contributed by atoms with Crippen LogP contribution in [0.3, 0.4) is 0 Å². The molecule has 0 aliphatic rings. The van der Waals surface area contributed by atoms with Crippen LogP contribution in [-0.2, 0) is 25.4 Å². The number of nitrogens with zero attached hydrogens (tertiary/aromatic N) is 3. The van der Waals surface area contributed by atoms with Crippen molar-refractivity contribution in [3.05, 3.63) is 132 Å². The summed E-state index contributed by atoms with van der Waals surface area (Å²) in [5.74, 6) is 2.07. The average Bonchev–Trinajstić information content (AvgIpc) is 3.15. The number of hydrogen-bond donors (Lipinski definition) is 2. The fraction of sp³-hybridized carbons (Fsp3) is 0.350. The minimum absolute atomic E-state index is 0.263. The summed E-state index contributed by atoms with van der Waals surface area (Å²) in [5, 5.41) is 6.43. The average molecular weight is 672 g/mol. The molecule has 0 saturated heterocycles. The molecule has 266 valence electrons. The zero-order valence-corrected chi connectivity index (χ0v) is 30.8. The number of aromatic nitrogens is 2. The lowest BCUT2D eigenvalue weighted by atomic mass is 10.0. The minimum Gasteiger partial charge on any atom is -0.501 e. The third-order valence-electron chi connectivity index (χ3n) is 6.60. The Morgan fingerprint density at radius 1 is 0.980 bits per heavy atom. The van der Waals surface area contributed by atoms with Gasteiger partial charge in [-0.05, 0) is 13.3 Å². The summed E-state index contributed by atoms with van der Waals surface area (Å²) in [6, 6.07) is 20.5. The molecule has 0 amide bonds. The molecular weight excluding hydrogens is 614 g/mol. The smallest absolute Gasteiger partial charge is 0.169 e. The summed E-state index contributed by atoms with van der Waals surface area (Å²) in [7, 11) is 6.64. The molecule has 49 heavy (non-hydrogen) atoms. The summed E-state index contributed by atoms with van der Waals surface area (Å²) in [6.07, 6.45) is 9.25. The van der Waals surface area contributed by atoms with Gasteiger partial charge < -0.3 is 29.6 Å². The number of ether oxygens (including phenoxy) is 3. The standard InChI is InChI=1S/C21H34N4O3.C16H15N.C2H6.CH2O/c1-8-9-15(2)12-23-21-20(22-4)24-13-17(25-21)10-16(3)11-18(27-6)19(28-7)14-26-5;1-2-13-17-16(14-9-5-3-6-10-14)15-11-7-4-8-12-15;2*1-2/h9,13-14,18H,3,8,10-12H2,1-2,4-7H3,(H,22,24)(H,23,25);2-12H,1,13H2;1-2H3;1H2/b15-9+,19-14-;;;. The fourth-order valence-corrected chi connectivity index (χ4v) is 4.42. The van der Waals surface area contributed by atoms with E-state index in [4.69, 9.17) is 24.0 Å². The number of rotatable bonds is 17. The number of hydrogen-bond acceptors (Lipinski definition) is 9. The van der Waals surface area contributed by atoms with Crippen LogP contribution in [-0.4, -0.2) is 70.0 Å². The van der Waals surface area contributed by atoms with E-state index in [9.17, 15) is 0 Å². The summed E-state index contributed by atoms with van der Waals surface area (Å²) in [4.78, 5) is 21.8. The third kappa shape index (κ3) is 17.1. The highest BCUT2D eigenvalue weighted by Gasteiger charge is 2.17. The predicted octanol–water partition coefficient (Wildman–Crippen LogP) is 8.48. The first kappa shape index (κ1) is 44.0. The van der Waals surface area contributed by atoms with E-state index in [2.05, 4.69) is 78.0 Å². The number of benzene rings is 2. The normalized spacial score (nSPS) is 11.0. The molecule has 0 aliphatic heterocycles. The topological polar surface area (TPSA) is 107 Å². The molecule has 2 N–H and O–H groups in total. The molecule has 3 aromatic rings. The van der Waals surface area contributed by atoms with Crippen LogP contribution in [0.25, 0.3) is 0 Å². The van der Waals surface area contributed by atoms with Crippen molar-refractivity contribution in [1.82, 2.24) is 9.97 Å². The molecule has 3 rings (SSSR count). The van der Waals surface area contributed by atoms with Gasteiger partial charge in [-0.3, -0.25) is 4.99 Å². The SMILES string of the molecule is C=C(Cc1cnc(NC)c(NC/C(C)=C/CC)n1)CC(OC)/C(=C/OC)OC.C=CCN=C(c1ccccc1)c1ccccc1.C=O.CC. The second kappa shape index (κ2) is 28.0. The zero-order valence-electron chi connectivity index (χ0n) is 30.8. The maximum atomic E-state index is 8.00. The third-order valence-corrected chi connectivity index (χ3v) is 6.60. The summed E-state index contributed by atoms with van der Waals surface area (Å²) in [5.41, 5.74) is 6.37. The van der Waals surface area contributed by atoms with Crippen LogP contribution in [0, 0.1) is 0 Å². The monoisotopic (exact) mass is 671 g/mol. The lowest BCUT2D eigenvalue weighted by Crippen LogP contribution is -2.17. The number of nitrogens with one attached hydrogen (secondary N) is 2. The molecule has 9 nitrogen and oxygen atoms in total. The molecule has 2 aromatic carbocycles. The van der Waals surface area contributed by atoms with Crippen molar-refractivity contribution >= 4 is 24.1 Å². The van der Waals surface area contributed by atoms with Crippen LogP contribution in [0.2, 0.25) is 0 Å². The van der Waals surface area contributed by atoms with Crippen molar-refractivity contribution in [2.24, 2.45) is 4.99 Å². The number of carbonyl (C=O) groups is 1. The van der Waals surface area contributed by atoms with E-state index in [1.54, 1.807) is 27.5 Å². The molecular formula is C40H57N5O4. The number of allylic oxidation sites excluding steroid dienone is 1. The van der Waals surface area contributed by atoms with Gasteiger partial charge in [0.15, 0.2) is 17.4 Å². The Labute approximate surface area is 294 Å². The van der Waals surface area contributed by atoms with Crippen LogP contribution in [0.15, 0.2) is 120 Å². The van der Waals surface area contributed by atoms with E-state index >= 15 is 0 Å². The molecule has 0 fully saturated rings. The van der Waals surface area contributed by atoms with Crippen LogP contribution in [0.5, 0.6) is 0 Å². The van der Waals surface area contributed by atoms with Gasteiger partial charge in [0, 0.05) is 44.7 Å². The molecule has 1 unspecified atom stereocenters. The molecule has 9 heteroatoms. The fourth-order valence-electron chi connectivity index (χ4n) is 4.42. The minimum atomic E-state index is -0.263. The van der Waals surface area contributed by atoms with Gasteiger partial charge in [-0.15, -0.1) is 6.58 Å². The molecule has 0 aliphatic carbocycles. The highest BCUT2D eigenvalue weighted by Crippen LogP contribution is 2.21. The van der Waals surface area contributed by atoms with Crippen molar-refractivity contribution in [1.29, 1.82) is 0 Å². The van der Waals surface area contributed by atoms with Gasteiger partial charge in [0.1, 0.15) is 19.2 Å². The molecule has 1 heterocycles. The summed E-state index contributed by atoms with van der Waals surface area (Å²) < 4.78 is 15.9. The van der Waals surface area contributed by atoms with Crippen LogP contribution < -0.4 is 10.6 Å². The maximum Gasteiger partial charge on any atom is 0.169 e. The van der Waals surface area contributed by atoms with Crippen LogP contribution >= 0.6 is 0 Å². The Morgan fingerprint density at radius 2 is 1.57 bits per heavy atom. The molecule has 1 aromatic heterocycles. The number of carbonyl (C=O) groups excluding carboxylic acids is 1. The van der Waals surface area contributed by atoms with Crippen molar-refractivity contribution < 1.29 is 19.0 Å². The zero-order chi connectivity index (χ0) is 36.9. The van der Waals surface area contributed by atoms with Crippen molar-refractivity contribution in [2.75, 3.05) is 52.1 Å².